The molecule has 0 amide bonds. The highest BCUT2D eigenvalue weighted by atomic mass is 35.5. The van der Waals surface area contributed by atoms with Gasteiger partial charge < -0.3 is 14.8 Å². The van der Waals surface area contributed by atoms with E-state index < -0.39 is 17.0 Å². The number of nitrogens with one attached hydrogen (secondary N) is 1. The summed E-state index contributed by atoms with van der Waals surface area (Å²) in [6.07, 6.45) is 7.15. The number of anilines is 1. The normalized spacial score (nSPS) is 10.7. The van der Waals surface area contributed by atoms with Crippen LogP contribution in [0, 0.1) is 5.82 Å². The first-order valence-corrected chi connectivity index (χ1v) is 13.7. The molecule has 0 unspecified atom stereocenters. The summed E-state index contributed by atoms with van der Waals surface area (Å²) in [4.78, 5) is 39.1. The molecule has 5 aromatic rings. The van der Waals surface area contributed by atoms with E-state index in [1.165, 1.54) is 47.5 Å². The molecule has 0 saturated carbocycles. The van der Waals surface area contributed by atoms with Crippen molar-refractivity contribution < 1.29 is 18.7 Å². The van der Waals surface area contributed by atoms with Crippen LogP contribution in [-0.4, -0.2) is 37.6 Å². The molecular weight excluding hydrogens is 587 g/mol. The molecule has 0 aliphatic carbocycles. The van der Waals surface area contributed by atoms with E-state index >= 15 is 0 Å². The van der Waals surface area contributed by atoms with Crippen LogP contribution in [0.3, 0.4) is 0 Å². The SMILES string of the molecule is C=CCn1cc(-c2ccc(F)cc2)c(=O)c(C(=O)Cc2ncc(Oc3ccnc(NCc4ccc(OC)cc4)c3Cl)cn2)n1. The van der Waals surface area contributed by atoms with Gasteiger partial charge in [0, 0.05) is 30.6 Å². The lowest BCUT2D eigenvalue weighted by molar-refractivity contribution is 0.0982. The minimum absolute atomic E-state index is 0.161. The lowest BCUT2D eigenvalue weighted by Crippen LogP contribution is -2.25. The summed E-state index contributed by atoms with van der Waals surface area (Å²) in [5, 5.41) is 7.64. The van der Waals surface area contributed by atoms with Gasteiger partial charge >= 0.3 is 0 Å². The predicted molar refractivity (Wildman–Crippen MR) is 164 cm³/mol. The van der Waals surface area contributed by atoms with E-state index in [1.807, 2.05) is 24.3 Å². The van der Waals surface area contributed by atoms with E-state index in [0.29, 0.717) is 23.7 Å². The van der Waals surface area contributed by atoms with E-state index in [9.17, 15) is 14.0 Å². The average molecular weight is 613 g/mol. The maximum atomic E-state index is 13.4. The number of hydrogen-bond donors (Lipinski definition) is 1. The molecule has 3 aromatic heterocycles. The Morgan fingerprint density at radius 3 is 2.45 bits per heavy atom. The molecule has 2 aromatic carbocycles. The molecule has 0 fully saturated rings. The molecule has 0 aliphatic rings. The van der Waals surface area contributed by atoms with Crippen molar-refractivity contribution in [2.24, 2.45) is 0 Å². The van der Waals surface area contributed by atoms with Crippen LogP contribution in [0.15, 0.2) is 96.8 Å². The molecule has 12 heteroatoms. The smallest absolute Gasteiger partial charge is 0.219 e. The highest BCUT2D eigenvalue weighted by molar-refractivity contribution is 6.34. The minimum Gasteiger partial charge on any atom is -0.497 e. The summed E-state index contributed by atoms with van der Waals surface area (Å²) in [6.45, 7) is 4.42. The van der Waals surface area contributed by atoms with Gasteiger partial charge in [0.05, 0.1) is 32.5 Å². The van der Waals surface area contributed by atoms with Gasteiger partial charge in [0.1, 0.15) is 28.2 Å². The second-order valence-corrected chi connectivity index (χ2v) is 9.83. The van der Waals surface area contributed by atoms with Crippen molar-refractivity contribution in [3.8, 4) is 28.4 Å². The van der Waals surface area contributed by atoms with E-state index in [-0.39, 0.29) is 40.8 Å². The third-order valence-corrected chi connectivity index (χ3v) is 6.77. The van der Waals surface area contributed by atoms with Gasteiger partial charge in [-0.15, -0.1) is 6.58 Å². The van der Waals surface area contributed by atoms with Crippen LogP contribution >= 0.6 is 11.6 Å². The fourth-order valence-corrected chi connectivity index (χ4v) is 4.40. The molecule has 1 N–H and O–H groups in total. The lowest BCUT2D eigenvalue weighted by atomic mass is 10.0. The van der Waals surface area contributed by atoms with Crippen molar-refractivity contribution in [1.29, 1.82) is 0 Å². The number of pyridine rings is 1. The van der Waals surface area contributed by atoms with Crippen molar-refractivity contribution in [3.05, 3.63) is 130 Å². The average Bonchev–Trinajstić information content (AvgIpc) is 3.04. The van der Waals surface area contributed by atoms with Crippen molar-refractivity contribution in [2.45, 2.75) is 19.5 Å². The fourth-order valence-electron chi connectivity index (χ4n) is 4.18. The summed E-state index contributed by atoms with van der Waals surface area (Å²) in [5.74, 6) is 0.945. The number of methoxy groups -OCH3 is 1. The Labute approximate surface area is 256 Å². The number of carbonyl (C=O) groups excluding carboxylic acids is 1. The number of aromatic nitrogens is 5. The molecule has 0 aliphatic heterocycles. The third-order valence-electron chi connectivity index (χ3n) is 6.40. The Bertz CT molecular complexity index is 1850. The van der Waals surface area contributed by atoms with Crippen LogP contribution in [0.4, 0.5) is 10.2 Å². The van der Waals surface area contributed by atoms with Crippen molar-refractivity contribution in [2.75, 3.05) is 12.4 Å². The Kier molecular flexibility index (Phi) is 9.36. The zero-order chi connectivity index (χ0) is 31.1. The number of ketones is 1. The van der Waals surface area contributed by atoms with Crippen LogP contribution in [0.2, 0.25) is 5.02 Å². The maximum Gasteiger partial charge on any atom is 0.219 e. The summed E-state index contributed by atoms with van der Waals surface area (Å²) in [5.41, 5.74) is 0.811. The molecule has 222 valence electrons. The quantitative estimate of drug-likeness (QED) is 0.135. The summed E-state index contributed by atoms with van der Waals surface area (Å²) >= 11 is 6.54. The monoisotopic (exact) mass is 612 g/mol. The van der Waals surface area contributed by atoms with Gasteiger partial charge in [-0.05, 0) is 35.4 Å². The molecule has 0 bridgehead atoms. The summed E-state index contributed by atoms with van der Waals surface area (Å²) in [6, 6.07) is 14.6. The van der Waals surface area contributed by atoms with Gasteiger partial charge in [0.25, 0.3) is 0 Å². The largest absolute Gasteiger partial charge is 0.497 e. The molecule has 44 heavy (non-hydrogen) atoms. The number of hydrogen-bond acceptors (Lipinski definition) is 9. The van der Waals surface area contributed by atoms with Crippen LogP contribution in [0.5, 0.6) is 17.2 Å². The number of Topliss-reactive ketones (excluding diaryl/α,β-unsaturated/α-hetero) is 1. The Morgan fingerprint density at radius 2 is 1.77 bits per heavy atom. The second-order valence-electron chi connectivity index (χ2n) is 9.45. The first-order chi connectivity index (χ1) is 21.3. The van der Waals surface area contributed by atoms with Gasteiger partial charge in [-0.25, -0.2) is 19.3 Å². The molecule has 3 heterocycles. The standard InChI is InChI=1S/C32H26ClFN6O4/c1-3-14-40-19-25(21-6-8-22(34)9-7-21)31(42)30(39-40)26(41)15-28-36-17-24(18-37-28)44-27-12-13-35-32(29(27)33)38-16-20-4-10-23(43-2)11-5-20/h3-13,17-19H,1,14-16H2,2H3,(H,35,38). The first-order valence-electron chi connectivity index (χ1n) is 13.4. The number of halogens is 2. The minimum atomic E-state index is -0.578. The van der Waals surface area contributed by atoms with Gasteiger partial charge in [-0.3, -0.25) is 14.3 Å². The molecule has 0 radical (unpaired) electrons. The van der Waals surface area contributed by atoms with E-state index in [0.717, 1.165) is 11.3 Å². The highest BCUT2D eigenvalue weighted by Crippen LogP contribution is 2.33. The van der Waals surface area contributed by atoms with Crippen LogP contribution in [-0.2, 0) is 19.5 Å². The van der Waals surface area contributed by atoms with Crippen molar-refractivity contribution in [3.63, 3.8) is 0 Å². The number of ether oxygens (including phenoxy) is 2. The van der Waals surface area contributed by atoms with Gasteiger partial charge in [-0.1, -0.05) is 41.9 Å². The maximum absolute atomic E-state index is 13.4. The predicted octanol–water partition coefficient (Wildman–Crippen LogP) is 5.91. The van der Waals surface area contributed by atoms with Crippen LogP contribution < -0.4 is 20.2 Å². The van der Waals surface area contributed by atoms with Crippen molar-refractivity contribution >= 4 is 23.2 Å². The molecule has 0 spiro atoms. The fraction of sp³-hybridized carbons (Fsp3) is 0.125. The van der Waals surface area contributed by atoms with Crippen LogP contribution in [0.1, 0.15) is 21.9 Å². The summed E-state index contributed by atoms with van der Waals surface area (Å²) < 4.78 is 25.9. The third kappa shape index (κ3) is 7.13. The zero-order valence-corrected chi connectivity index (χ0v) is 24.3. The van der Waals surface area contributed by atoms with Crippen molar-refractivity contribution in [1.82, 2.24) is 24.7 Å². The molecule has 0 saturated heterocycles. The number of rotatable bonds is 12. The Balaban J connectivity index is 1.28. The molecule has 5 rings (SSSR count). The summed E-state index contributed by atoms with van der Waals surface area (Å²) in [7, 11) is 1.61. The Morgan fingerprint density at radius 1 is 1.05 bits per heavy atom. The zero-order valence-electron chi connectivity index (χ0n) is 23.5. The number of nitrogens with zero attached hydrogens (tertiary/aromatic N) is 5. The Hall–Kier alpha value is -5.42. The lowest BCUT2D eigenvalue weighted by Gasteiger charge is -2.12. The number of benzene rings is 2. The van der Waals surface area contributed by atoms with Gasteiger partial charge in [0.15, 0.2) is 23.0 Å². The number of carbonyl (C=O) groups is 1. The van der Waals surface area contributed by atoms with E-state index in [4.69, 9.17) is 21.1 Å². The van der Waals surface area contributed by atoms with E-state index in [1.54, 1.807) is 25.4 Å². The van der Waals surface area contributed by atoms with E-state index in [2.05, 4.69) is 31.9 Å². The molecule has 10 nitrogen and oxygen atoms in total. The molecule has 0 atom stereocenters. The topological polar surface area (TPSA) is 121 Å². The van der Waals surface area contributed by atoms with Gasteiger partial charge in [0.2, 0.25) is 5.43 Å². The first kappa shape index (κ1) is 30.1. The van der Waals surface area contributed by atoms with Gasteiger partial charge in [-0.2, -0.15) is 5.10 Å². The second kappa shape index (κ2) is 13.7. The number of allylic oxidation sites excluding steroid dienone is 1. The molecular formula is C32H26ClFN6O4. The van der Waals surface area contributed by atoms with Crippen LogP contribution in [0.25, 0.3) is 11.1 Å². The highest BCUT2D eigenvalue weighted by Gasteiger charge is 2.20.